The van der Waals surface area contributed by atoms with Gasteiger partial charge in [-0.3, -0.25) is 4.79 Å². The van der Waals surface area contributed by atoms with Gasteiger partial charge in [-0.1, -0.05) is 37.3 Å². The largest absolute Gasteiger partial charge is 0.368 e. The zero-order chi connectivity index (χ0) is 19.9. The standard InChI is InChI=1S/C21H26N6O/c1-4-18(17-8-6-5-7-9-17)21(28)23-11-10-22-19-13-20(25-14-24-19)27-16(3)12-15(2)26-27/h5-9,12-14,18H,4,10-11H2,1-3H3,(H,23,28)(H,22,24,25)/t18-/m1/s1. The van der Waals surface area contributed by atoms with Crippen LogP contribution < -0.4 is 10.6 Å². The molecule has 1 atom stereocenters. The van der Waals surface area contributed by atoms with Gasteiger partial charge in [0.2, 0.25) is 5.91 Å². The predicted molar refractivity (Wildman–Crippen MR) is 110 cm³/mol. The molecule has 7 heteroatoms. The fraction of sp³-hybridized carbons (Fsp3) is 0.333. The van der Waals surface area contributed by atoms with Crippen molar-refractivity contribution < 1.29 is 4.79 Å². The molecular formula is C21H26N6O. The maximum Gasteiger partial charge on any atom is 0.227 e. The molecule has 28 heavy (non-hydrogen) atoms. The van der Waals surface area contributed by atoms with Gasteiger partial charge >= 0.3 is 0 Å². The van der Waals surface area contributed by atoms with Crippen molar-refractivity contribution in [2.45, 2.75) is 33.1 Å². The number of carbonyl (C=O) groups excluding carboxylic acids is 1. The number of amides is 1. The van der Waals surface area contributed by atoms with E-state index in [1.807, 2.05) is 63.2 Å². The van der Waals surface area contributed by atoms with E-state index in [9.17, 15) is 4.79 Å². The number of anilines is 1. The number of aromatic nitrogens is 4. The average molecular weight is 378 g/mol. The molecule has 1 aromatic carbocycles. The summed E-state index contributed by atoms with van der Waals surface area (Å²) < 4.78 is 1.79. The van der Waals surface area contributed by atoms with Crippen LogP contribution in [0.15, 0.2) is 48.8 Å². The summed E-state index contributed by atoms with van der Waals surface area (Å²) in [5, 5.41) is 10.7. The van der Waals surface area contributed by atoms with Crippen molar-refractivity contribution in [1.82, 2.24) is 25.1 Å². The second-order valence-electron chi connectivity index (χ2n) is 6.69. The van der Waals surface area contributed by atoms with E-state index in [1.165, 1.54) is 6.33 Å². The van der Waals surface area contributed by atoms with Crippen molar-refractivity contribution in [3.63, 3.8) is 0 Å². The first-order valence-corrected chi connectivity index (χ1v) is 9.50. The predicted octanol–water partition coefficient (Wildman–Crippen LogP) is 3.00. The van der Waals surface area contributed by atoms with Gasteiger partial charge in [0.25, 0.3) is 0 Å². The minimum atomic E-state index is -0.127. The number of carbonyl (C=O) groups is 1. The van der Waals surface area contributed by atoms with E-state index < -0.39 is 0 Å². The van der Waals surface area contributed by atoms with E-state index in [2.05, 4.69) is 25.7 Å². The molecule has 0 fully saturated rings. The Hall–Kier alpha value is -3.22. The summed E-state index contributed by atoms with van der Waals surface area (Å²) in [5.74, 6) is 1.32. The zero-order valence-electron chi connectivity index (χ0n) is 16.5. The molecule has 0 aliphatic carbocycles. The summed E-state index contributed by atoms with van der Waals surface area (Å²) in [6.07, 6.45) is 2.27. The first-order valence-electron chi connectivity index (χ1n) is 9.50. The molecule has 146 valence electrons. The van der Waals surface area contributed by atoms with E-state index in [0.29, 0.717) is 24.7 Å². The Labute approximate surface area is 165 Å². The molecule has 3 aromatic rings. The highest BCUT2D eigenvalue weighted by molar-refractivity contribution is 5.83. The Morgan fingerprint density at radius 2 is 1.89 bits per heavy atom. The minimum Gasteiger partial charge on any atom is -0.368 e. The Balaban J connectivity index is 1.53. The molecule has 2 heterocycles. The lowest BCUT2D eigenvalue weighted by Gasteiger charge is -2.15. The third-order valence-corrected chi connectivity index (χ3v) is 4.54. The fourth-order valence-electron chi connectivity index (χ4n) is 3.18. The molecule has 0 saturated carbocycles. The lowest BCUT2D eigenvalue weighted by molar-refractivity contribution is -0.122. The van der Waals surface area contributed by atoms with Gasteiger partial charge in [0.05, 0.1) is 11.6 Å². The van der Waals surface area contributed by atoms with E-state index >= 15 is 0 Å². The van der Waals surface area contributed by atoms with Crippen LogP contribution in [0.4, 0.5) is 5.82 Å². The number of hydrogen-bond acceptors (Lipinski definition) is 5. The van der Waals surface area contributed by atoms with Gasteiger partial charge in [-0.2, -0.15) is 5.10 Å². The van der Waals surface area contributed by atoms with Gasteiger partial charge in [0, 0.05) is 24.8 Å². The van der Waals surface area contributed by atoms with Gasteiger partial charge < -0.3 is 10.6 Å². The number of rotatable bonds is 8. The molecule has 1 amide bonds. The molecule has 0 saturated heterocycles. The molecule has 0 unspecified atom stereocenters. The molecule has 7 nitrogen and oxygen atoms in total. The number of benzene rings is 1. The second kappa shape index (κ2) is 9.12. The van der Waals surface area contributed by atoms with E-state index in [4.69, 9.17) is 0 Å². The van der Waals surface area contributed by atoms with Crippen molar-refractivity contribution in [1.29, 1.82) is 0 Å². The number of aryl methyl sites for hydroxylation is 2. The second-order valence-corrected chi connectivity index (χ2v) is 6.69. The number of hydrogen-bond donors (Lipinski definition) is 2. The lowest BCUT2D eigenvalue weighted by Crippen LogP contribution is -2.33. The molecule has 2 aromatic heterocycles. The van der Waals surface area contributed by atoms with Crippen molar-refractivity contribution in [2.24, 2.45) is 0 Å². The monoisotopic (exact) mass is 378 g/mol. The molecule has 0 aliphatic rings. The fourth-order valence-corrected chi connectivity index (χ4v) is 3.18. The Bertz CT molecular complexity index is 922. The van der Waals surface area contributed by atoms with Crippen LogP contribution in [0.3, 0.4) is 0 Å². The van der Waals surface area contributed by atoms with Crippen molar-refractivity contribution in [3.05, 3.63) is 65.7 Å². The number of nitrogens with one attached hydrogen (secondary N) is 2. The maximum atomic E-state index is 12.5. The molecular weight excluding hydrogens is 352 g/mol. The minimum absolute atomic E-state index is 0.0431. The third kappa shape index (κ3) is 4.73. The van der Waals surface area contributed by atoms with Gasteiger partial charge in [-0.15, -0.1) is 0 Å². The zero-order valence-corrected chi connectivity index (χ0v) is 16.5. The SMILES string of the molecule is CC[C@@H](C(=O)NCCNc1cc(-n2nc(C)cc2C)ncn1)c1ccccc1. The topological polar surface area (TPSA) is 84.7 Å². The van der Waals surface area contributed by atoms with Crippen LogP contribution in [0.5, 0.6) is 0 Å². The Morgan fingerprint density at radius 3 is 2.57 bits per heavy atom. The summed E-state index contributed by atoms with van der Waals surface area (Å²) >= 11 is 0. The van der Waals surface area contributed by atoms with E-state index in [-0.39, 0.29) is 11.8 Å². The van der Waals surface area contributed by atoms with Crippen molar-refractivity contribution >= 4 is 11.7 Å². The summed E-state index contributed by atoms with van der Waals surface area (Å²) in [6, 6.07) is 13.7. The highest BCUT2D eigenvalue weighted by Crippen LogP contribution is 2.19. The molecule has 0 aliphatic heterocycles. The third-order valence-electron chi connectivity index (χ3n) is 4.54. The van der Waals surface area contributed by atoms with E-state index in [0.717, 1.165) is 23.4 Å². The van der Waals surface area contributed by atoms with Gasteiger partial charge in [0.1, 0.15) is 12.1 Å². The van der Waals surface area contributed by atoms with Crippen LogP contribution in [0.25, 0.3) is 5.82 Å². The normalized spacial score (nSPS) is 11.8. The first-order chi connectivity index (χ1) is 13.6. The lowest BCUT2D eigenvalue weighted by atomic mass is 9.96. The highest BCUT2D eigenvalue weighted by Gasteiger charge is 2.17. The van der Waals surface area contributed by atoms with Crippen LogP contribution in [0.1, 0.15) is 36.2 Å². The average Bonchev–Trinajstić information content (AvgIpc) is 3.05. The Kier molecular flexibility index (Phi) is 6.37. The van der Waals surface area contributed by atoms with Crippen LogP contribution >= 0.6 is 0 Å². The quantitative estimate of drug-likeness (QED) is 0.589. The maximum absolute atomic E-state index is 12.5. The van der Waals surface area contributed by atoms with E-state index in [1.54, 1.807) is 4.68 Å². The molecule has 3 rings (SSSR count). The molecule has 2 N–H and O–H groups in total. The molecule has 0 bridgehead atoms. The van der Waals surface area contributed by atoms with Crippen LogP contribution in [-0.4, -0.2) is 38.7 Å². The molecule has 0 spiro atoms. The van der Waals surface area contributed by atoms with Crippen LogP contribution in [0, 0.1) is 13.8 Å². The van der Waals surface area contributed by atoms with Crippen molar-refractivity contribution in [3.8, 4) is 5.82 Å². The number of nitrogens with zero attached hydrogens (tertiary/aromatic N) is 4. The van der Waals surface area contributed by atoms with Gasteiger partial charge in [-0.05, 0) is 31.9 Å². The van der Waals surface area contributed by atoms with Gasteiger partial charge in [-0.25, -0.2) is 14.6 Å². The van der Waals surface area contributed by atoms with Crippen molar-refractivity contribution in [2.75, 3.05) is 18.4 Å². The highest BCUT2D eigenvalue weighted by atomic mass is 16.1. The smallest absolute Gasteiger partial charge is 0.227 e. The molecule has 0 radical (unpaired) electrons. The van der Waals surface area contributed by atoms with Crippen LogP contribution in [0.2, 0.25) is 0 Å². The Morgan fingerprint density at radius 1 is 1.11 bits per heavy atom. The summed E-state index contributed by atoms with van der Waals surface area (Å²) in [5.41, 5.74) is 3.00. The summed E-state index contributed by atoms with van der Waals surface area (Å²) in [7, 11) is 0. The van der Waals surface area contributed by atoms with Gasteiger partial charge in [0.15, 0.2) is 5.82 Å². The first kappa shape index (κ1) is 19.5. The summed E-state index contributed by atoms with van der Waals surface area (Å²) in [6.45, 7) is 7.05. The summed E-state index contributed by atoms with van der Waals surface area (Å²) in [4.78, 5) is 21.0. The van der Waals surface area contributed by atoms with Crippen LogP contribution in [-0.2, 0) is 4.79 Å².